The van der Waals surface area contributed by atoms with Crippen LogP contribution in [0.3, 0.4) is 0 Å². The van der Waals surface area contributed by atoms with E-state index in [1.807, 2.05) is 13.8 Å². The number of piperidine rings is 1. The molecule has 1 aliphatic heterocycles. The summed E-state index contributed by atoms with van der Waals surface area (Å²) < 4.78 is 0. The molecular weight excluding hydrogens is 160 g/mol. The van der Waals surface area contributed by atoms with Gasteiger partial charge < -0.3 is 10.2 Å². The van der Waals surface area contributed by atoms with Crippen LogP contribution in [-0.2, 0) is 0 Å². The zero-order valence-electron chi connectivity index (χ0n) is 8.97. The number of nitrogens with zero attached hydrogens (tertiary/aromatic N) is 1. The summed E-state index contributed by atoms with van der Waals surface area (Å²) >= 11 is 0. The van der Waals surface area contributed by atoms with Gasteiger partial charge in [-0.25, -0.2) is 0 Å². The molecule has 76 valence electrons. The number of hydrogen-bond acceptors (Lipinski definition) is 2. The fraction of sp³-hybridized carbons (Fsp3) is 0.909. The van der Waals surface area contributed by atoms with Gasteiger partial charge in [0.25, 0.3) is 0 Å². The molecule has 2 nitrogen and oxygen atoms in total. The van der Waals surface area contributed by atoms with E-state index in [4.69, 9.17) is 6.92 Å². The van der Waals surface area contributed by atoms with Crippen molar-refractivity contribution in [1.29, 1.82) is 0 Å². The second kappa shape index (κ2) is 4.97. The zero-order chi connectivity index (χ0) is 9.73. The van der Waals surface area contributed by atoms with E-state index in [1.165, 1.54) is 32.4 Å². The molecule has 0 unspecified atom stereocenters. The van der Waals surface area contributed by atoms with Crippen molar-refractivity contribution in [3.63, 3.8) is 0 Å². The largest absolute Gasteiger partial charge is 0.310 e. The Kier molecular flexibility index (Phi) is 4.20. The third kappa shape index (κ3) is 5.27. The van der Waals surface area contributed by atoms with Crippen LogP contribution in [0.2, 0.25) is 0 Å². The summed E-state index contributed by atoms with van der Waals surface area (Å²) in [4.78, 5) is 2.52. The first-order chi connectivity index (χ1) is 6.08. The molecule has 1 heterocycles. The quantitative estimate of drug-likeness (QED) is 0.709. The van der Waals surface area contributed by atoms with Crippen molar-refractivity contribution in [2.75, 3.05) is 26.2 Å². The molecule has 1 rings (SSSR count). The number of likely N-dealkylation sites (tertiary alicyclic amines) is 1. The van der Waals surface area contributed by atoms with Crippen LogP contribution in [0.4, 0.5) is 0 Å². The molecule has 0 aromatic rings. The Morgan fingerprint density at radius 3 is 2.38 bits per heavy atom. The molecular formula is C11H22N2. The molecule has 0 aromatic heterocycles. The van der Waals surface area contributed by atoms with Crippen LogP contribution in [0.5, 0.6) is 0 Å². The summed E-state index contributed by atoms with van der Waals surface area (Å²) in [5.41, 5.74) is -0.226. The van der Waals surface area contributed by atoms with E-state index < -0.39 is 0 Å². The lowest BCUT2D eigenvalue weighted by molar-refractivity contribution is 0.224. The standard InChI is InChI=1S/C11H22N2/c1-11(2,3)12-7-10-13-8-5-4-6-9-13/h1,12H,4-10H2,2-3H3. The average Bonchev–Trinajstić information content (AvgIpc) is 2.04. The van der Waals surface area contributed by atoms with E-state index in [-0.39, 0.29) is 5.54 Å². The van der Waals surface area contributed by atoms with Gasteiger partial charge in [-0.05, 0) is 46.7 Å². The van der Waals surface area contributed by atoms with Crippen molar-refractivity contribution in [1.82, 2.24) is 10.2 Å². The number of rotatable bonds is 4. The molecule has 1 fully saturated rings. The Bertz CT molecular complexity index is 132. The van der Waals surface area contributed by atoms with Crippen molar-refractivity contribution >= 4 is 0 Å². The molecule has 0 aliphatic carbocycles. The summed E-state index contributed by atoms with van der Waals surface area (Å²) in [6.45, 7) is 14.5. The van der Waals surface area contributed by atoms with Gasteiger partial charge in [-0.2, -0.15) is 0 Å². The Labute approximate surface area is 82.7 Å². The maximum atomic E-state index is 5.82. The van der Waals surface area contributed by atoms with Crippen LogP contribution in [0.25, 0.3) is 0 Å². The van der Waals surface area contributed by atoms with E-state index in [2.05, 4.69) is 10.2 Å². The topological polar surface area (TPSA) is 15.3 Å². The monoisotopic (exact) mass is 182 g/mol. The van der Waals surface area contributed by atoms with E-state index in [9.17, 15) is 0 Å². The van der Waals surface area contributed by atoms with Gasteiger partial charge in [-0.15, -0.1) is 0 Å². The summed E-state index contributed by atoms with van der Waals surface area (Å²) in [5.74, 6) is 0. The molecule has 2 radical (unpaired) electrons. The minimum Gasteiger partial charge on any atom is -0.310 e. The smallest absolute Gasteiger partial charge is 0.0160 e. The summed E-state index contributed by atoms with van der Waals surface area (Å²) in [5, 5.41) is 3.31. The van der Waals surface area contributed by atoms with Crippen LogP contribution in [0.15, 0.2) is 0 Å². The van der Waals surface area contributed by atoms with Crippen molar-refractivity contribution in [3.05, 3.63) is 6.92 Å². The highest BCUT2D eigenvalue weighted by Gasteiger charge is 2.12. The molecule has 13 heavy (non-hydrogen) atoms. The lowest BCUT2D eigenvalue weighted by Gasteiger charge is -2.28. The molecule has 0 bridgehead atoms. The fourth-order valence-corrected chi connectivity index (χ4v) is 1.72. The molecule has 0 saturated carbocycles. The summed E-state index contributed by atoms with van der Waals surface area (Å²) in [6, 6.07) is 0. The lowest BCUT2D eigenvalue weighted by atomic mass is 10.1. The van der Waals surface area contributed by atoms with Crippen LogP contribution in [0, 0.1) is 6.92 Å². The van der Waals surface area contributed by atoms with Crippen molar-refractivity contribution in [2.45, 2.75) is 38.6 Å². The average molecular weight is 182 g/mol. The molecule has 1 aliphatic rings. The maximum absolute atomic E-state index is 5.82. The van der Waals surface area contributed by atoms with E-state index >= 15 is 0 Å². The predicted octanol–water partition coefficient (Wildman–Crippen LogP) is 1.55. The molecule has 0 amide bonds. The first-order valence-corrected chi connectivity index (χ1v) is 5.34. The predicted molar refractivity (Wildman–Crippen MR) is 56.7 cm³/mol. The van der Waals surface area contributed by atoms with Gasteiger partial charge in [-0.1, -0.05) is 6.42 Å². The second-order valence-corrected chi connectivity index (χ2v) is 4.55. The van der Waals surface area contributed by atoms with Crippen LogP contribution in [-0.4, -0.2) is 36.6 Å². The molecule has 2 heteroatoms. The van der Waals surface area contributed by atoms with E-state index in [0.29, 0.717) is 0 Å². The Morgan fingerprint density at radius 2 is 1.85 bits per heavy atom. The highest BCUT2D eigenvalue weighted by atomic mass is 15.1. The van der Waals surface area contributed by atoms with Crippen LogP contribution >= 0.6 is 0 Å². The van der Waals surface area contributed by atoms with Crippen LogP contribution in [0.1, 0.15) is 33.1 Å². The number of hydrogen-bond donors (Lipinski definition) is 1. The Hall–Kier alpha value is -0.0800. The maximum Gasteiger partial charge on any atom is 0.0160 e. The Morgan fingerprint density at radius 1 is 1.23 bits per heavy atom. The number of nitrogens with one attached hydrogen (secondary N) is 1. The molecule has 0 atom stereocenters. The molecule has 1 N–H and O–H groups in total. The SMILES string of the molecule is [CH]C(C)(C)NCCN1CCCCC1. The fourth-order valence-electron chi connectivity index (χ4n) is 1.72. The van der Waals surface area contributed by atoms with Gasteiger partial charge >= 0.3 is 0 Å². The van der Waals surface area contributed by atoms with Crippen molar-refractivity contribution < 1.29 is 0 Å². The second-order valence-electron chi connectivity index (χ2n) is 4.55. The summed E-state index contributed by atoms with van der Waals surface area (Å²) in [6.07, 6.45) is 4.14. The third-order valence-electron chi connectivity index (χ3n) is 2.46. The molecule has 1 saturated heterocycles. The van der Waals surface area contributed by atoms with Gasteiger partial charge in [0.1, 0.15) is 0 Å². The minimum absolute atomic E-state index is 0.226. The zero-order valence-corrected chi connectivity index (χ0v) is 8.97. The van der Waals surface area contributed by atoms with Crippen molar-refractivity contribution in [2.24, 2.45) is 0 Å². The highest BCUT2D eigenvalue weighted by Crippen LogP contribution is 2.07. The van der Waals surface area contributed by atoms with Gasteiger partial charge in [-0.3, -0.25) is 0 Å². The van der Waals surface area contributed by atoms with Gasteiger partial charge in [0.05, 0.1) is 0 Å². The van der Waals surface area contributed by atoms with Gasteiger partial charge in [0.15, 0.2) is 0 Å². The van der Waals surface area contributed by atoms with Gasteiger partial charge in [0, 0.05) is 18.6 Å². The normalized spacial score (nSPS) is 20.5. The van der Waals surface area contributed by atoms with Gasteiger partial charge in [0.2, 0.25) is 0 Å². The lowest BCUT2D eigenvalue weighted by Crippen LogP contribution is -2.42. The van der Waals surface area contributed by atoms with E-state index in [0.717, 1.165) is 13.1 Å². The first-order valence-electron chi connectivity index (χ1n) is 5.34. The minimum atomic E-state index is -0.226. The van der Waals surface area contributed by atoms with E-state index in [1.54, 1.807) is 0 Å². The first kappa shape index (κ1) is 11.0. The van der Waals surface area contributed by atoms with Crippen LogP contribution < -0.4 is 5.32 Å². The third-order valence-corrected chi connectivity index (χ3v) is 2.46. The van der Waals surface area contributed by atoms with Crippen molar-refractivity contribution in [3.8, 4) is 0 Å². The summed E-state index contributed by atoms with van der Waals surface area (Å²) in [7, 11) is 0. The highest BCUT2D eigenvalue weighted by molar-refractivity contribution is 4.80. The molecule has 0 spiro atoms. The Balaban J connectivity index is 2.04. The molecule has 0 aromatic carbocycles.